The predicted molar refractivity (Wildman–Crippen MR) is 83.3 cm³/mol. The molecule has 0 atom stereocenters. The fourth-order valence-corrected chi connectivity index (χ4v) is 3.47. The van der Waals surface area contributed by atoms with Gasteiger partial charge in [-0.1, -0.05) is 46.5 Å². The Morgan fingerprint density at radius 3 is 2.16 bits per heavy atom. The van der Waals surface area contributed by atoms with E-state index in [-0.39, 0.29) is 5.41 Å². The summed E-state index contributed by atoms with van der Waals surface area (Å²) in [5, 5.41) is 0. The van der Waals surface area contributed by atoms with E-state index in [4.69, 9.17) is 10.7 Å². The number of anilines is 1. The zero-order chi connectivity index (χ0) is 14.0. The molecule has 0 radical (unpaired) electrons. The molecule has 1 aromatic heterocycles. The highest BCUT2D eigenvalue weighted by molar-refractivity contribution is 9.10. The maximum atomic E-state index is 6.07. The Hall–Kier alpha value is -0.640. The zero-order valence-corrected chi connectivity index (χ0v) is 13.8. The number of hydrogen-bond donors (Lipinski definition) is 1. The lowest BCUT2D eigenvalue weighted by Crippen LogP contribution is -2.19. The highest BCUT2D eigenvalue weighted by atomic mass is 79.9. The van der Waals surface area contributed by atoms with Crippen molar-refractivity contribution < 1.29 is 0 Å². The van der Waals surface area contributed by atoms with Gasteiger partial charge in [0.05, 0.1) is 10.2 Å². The SMILES string of the molecule is CC(C)(C)c1nc(C2CCCCCC2)nc(N)c1Br. The molecule has 1 fully saturated rings. The molecule has 0 aliphatic heterocycles. The first-order valence-electron chi connectivity index (χ1n) is 7.23. The number of aromatic nitrogens is 2. The quantitative estimate of drug-likeness (QED) is 0.770. The van der Waals surface area contributed by atoms with Gasteiger partial charge in [-0.15, -0.1) is 0 Å². The third-order valence-electron chi connectivity index (χ3n) is 3.82. The number of nitrogen functional groups attached to an aromatic ring is 1. The molecular formula is C15H24BrN3. The molecule has 19 heavy (non-hydrogen) atoms. The molecule has 2 N–H and O–H groups in total. The topological polar surface area (TPSA) is 51.8 Å². The van der Waals surface area contributed by atoms with E-state index in [1.54, 1.807) is 0 Å². The first-order valence-corrected chi connectivity index (χ1v) is 8.02. The van der Waals surface area contributed by atoms with Gasteiger partial charge in [0.2, 0.25) is 0 Å². The Morgan fingerprint density at radius 2 is 1.63 bits per heavy atom. The molecule has 1 aromatic rings. The van der Waals surface area contributed by atoms with Gasteiger partial charge in [-0.05, 0) is 28.8 Å². The van der Waals surface area contributed by atoms with Crippen LogP contribution in [0, 0.1) is 0 Å². The molecule has 1 aliphatic rings. The number of halogens is 1. The first-order chi connectivity index (χ1) is 8.89. The van der Waals surface area contributed by atoms with Crippen LogP contribution in [0.25, 0.3) is 0 Å². The first kappa shape index (κ1) is 14.8. The van der Waals surface area contributed by atoms with Gasteiger partial charge < -0.3 is 5.73 Å². The Morgan fingerprint density at radius 1 is 1.05 bits per heavy atom. The van der Waals surface area contributed by atoms with Crippen LogP contribution >= 0.6 is 15.9 Å². The molecule has 0 bridgehead atoms. The molecule has 4 heteroatoms. The van der Waals surface area contributed by atoms with Crippen LogP contribution in [0.4, 0.5) is 5.82 Å². The van der Waals surface area contributed by atoms with Gasteiger partial charge in [0.1, 0.15) is 11.6 Å². The normalized spacial score (nSPS) is 18.3. The van der Waals surface area contributed by atoms with Crippen molar-refractivity contribution in [2.45, 2.75) is 70.6 Å². The smallest absolute Gasteiger partial charge is 0.141 e. The standard InChI is InChI=1S/C15H24BrN3/c1-15(2,3)12-11(16)13(17)19-14(18-12)10-8-6-4-5-7-9-10/h10H,4-9H2,1-3H3,(H2,17,18,19). The Kier molecular flexibility index (Phi) is 4.49. The van der Waals surface area contributed by atoms with E-state index in [2.05, 4.69) is 41.7 Å². The fraction of sp³-hybridized carbons (Fsp3) is 0.733. The molecule has 0 spiro atoms. The van der Waals surface area contributed by atoms with Crippen molar-refractivity contribution in [3.05, 3.63) is 16.0 Å². The summed E-state index contributed by atoms with van der Waals surface area (Å²) in [7, 11) is 0. The Bertz CT molecular complexity index is 443. The van der Waals surface area contributed by atoms with E-state index in [1.807, 2.05) is 0 Å². The Labute approximate surface area is 124 Å². The minimum absolute atomic E-state index is 0.0185. The summed E-state index contributed by atoms with van der Waals surface area (Å²) in [6, 6.07) is 0. The van der Waals surface area contributed by atoms with E-state index in [1.165, 1.54) is 38.5 Å². The van der Waals surface area contributed by atoms with E-state index in [9.17, 15) is 0 Å². The number of rotatable bonds is 1. The van der Waals surface area contributed by atoms with Gasteiger partial charge >= 0.3 is 0 Å². The summed E-state index contributed by atoms with van der Waals surface area (Å²) in [5.41, 5.74) is 7.07. The predicted octanol–water partition coefficient (Wildman–Crippen LogP) is 4.56. The van der Waals surface area contributed by atoms with Crippen molar-refractivity contribution in [1.29, 1.82) is 0 Å². The Balaban J connectivity index is 2.38. The van der Waals surface area contributed by atoms with Crippen molar-refractivity contribution in [1.82, 2.24) is 9.97 Å². The van der Waals surface area contributed by atoms with E-state index in [0.717, 1.165) is 16.0 Å². The van der Waals surface area contributed by atoms with Gasteiger partial charge in [0.15, 0.2) is 0 Å². The van der Waals surface area contributed by atoms with Gasteiger partial charge in [-0.25, -0.2) is 9.97 Å². The number of nitrogens with zero attached hydrogens (tertiary/aromatic N) is 2. The van der Waals surface area contributed by atoms with Crippen molar-refractivity contribution in [2.24, 2.45) is 0 Å². The van der Waals surface area contributed by atoms with Crippen molar-refractivity contribution in [2.75, 3.05) is 5.73 Å². The third-order valence-corrected chi connectivity index (χ3v) is 4.61. The van der Waals surface area contributed by atoms with Gasteiger partial charge in [0.25, 0.3) is 0 Å². The van der Waals surface area contributed by atoms with E-state index in [0.29, 0.717) is 11.7 Å². The van der Waals surface area contributed by atoms with Crippen LogP contribution in [0.1, 0.15) is 76.7 Å². The lowest BCUT2D eigenvalue weighted by molar-refractivity contribution is 0.526. The highest BCUT2D eigenvalue weighted by Gasteiger charge is 2.25. The van der Waals surface area contributed by atoms with Crippen LogP contribution in [-0.4, -0.2) is 9.97 Å². The van der Waals surface area contributed by atoms with Gasteiger partial charge in [-0.2, -0.15) is 0 Å². The summed E-state index contributed by atoms with van der Waals surface area (Å²) in [6.07, 6.45) is 7.66. The lowest BCUT2D eigenvalue weighted by Gasteiger charge is -2.23. The molecule has 0 unspecified atom stereocenters. The highest BCUT2D eigenvalue weighted by Crippen LogP contribution is 2.35. The monoisotopic (exact) mass is 325 g/mol. The summed E-state index contributed by atoms with van der Waals surface area (Å²) in [4.78, 5) is 9.36. The molecule has 1 aliphatic carbocycles. The molecule has 3 nitrogen and oxygen atoms in total. The maximum absolute atomic E-state index is 6.07. The zero-order valence-electron chi connectivity index (χ0n) is 12.2. The summed E-state index contributed by atoms with van der Waals surface area (Å²) in [6.45, 7) is 6.49. The summed E-state index contributed by atoms with van der Waals surface area (Å²) >= 11 is 3.54. The fourth-order valence-electron chi connectivity index (χ4n) is 2.70. The third kappa shape index (κ3) is 3.47. The summed E-state index contributed by atoms with van der Waals surface area (Å²) in [5.74, 6) is 2.02. The largest absolute Gasteiger partial charge is 0.383 e. The average molecular weight is 326 g/mol. The van der Waals surface area contributed by atoms with Crippen LogP contribution in [-0.2, 0) is 5.41 Å². The number of nitrogens with two attached hydrogens (primary N) is 1. The number of hydrogen-bond acceptors (Lipinski definition) is 3. The van der Waals surface area contributed by atoms with E-state index >= 15 is 0 Å². The minimum Gasteiger partial charge on any atom is -0.383 e. The second-order valence-corrected chi connectivity index (χ2v) is 7.36. The van der Waals surface area contributed by atoms with Gasteiger partial charge in [0, 0.05) is 11.3 Å². The second kappa shape index (κ2) is 5.78. The molecule has 1 heterocycles. The van der Waals surface area contributed by atoms with E-state index < -0.39 is 0 Å². The van der Waals surface area contributed by atoms with Crippen LogP contribution in [0.5, 0.6) is 0 Å². The molecule has 0 amide bonds. The van der Waals surface area contributed by atoms with Crippen LogP contribution in [0.2, 0.25) is 0 Å². The minimum atomic E-state index is -0.0185. The lowest BCUT2D eigenvalue weighted by atomic mass is 9.91. The molecule has 0 saturated heterocycles. The second-order valence-electron chi connectivity index (χ2n) is 6.57. The molecular weight excluding hydrogens is 302 g/mol. The summed E-state index contributed by atoms with van der Waals surface area (Å²) < 4.78 is 0.859. The average Bonchev–Trinajstić information content (AvgIpc) is 2.59. The molecule has 106 valence electrons. The molecule has 2 rings (SSSR count). The van der Waals surface area contributed by atoms with Crippen molar-refractivity contribution in [3.63, 3.8) is 0 Å². The molecule has 1 saturated carbocycles. The molecule has 0 aromatic carbocycles. The van der Waals surface area contributed by atoms with Crippen molar-refractivity contribution in [3.8, 4) is 0 Å². The van der Waals surface area contributed by atoms with Crippen molar-refractivity contribution >= 4 is 21.7 Å². The van der Waals surface area contributed by atoms with Crippen LogP contribution < -0.4 is 5.73 Å². The maximum Gasteiger partial charge on any atom is 0.141 e. The van der Waals surface area contributed by atoms with Crippen LogP contribution in [0.3, 0.4) is 0 Å². The van der Waals surface area contributed by atoms with Crippen LogP contribution in [0.15, 0.2) is 4.47 Å². The van der Waals surface area contributed by atoms with Gasteiger partial charge in [-0.3, -0.25) is 0 Å².